The lowest BCUT2D eigenvalue weighted by atomic mass is 10.1. The van der Waals surface area contributed by atoms with E-state index in [4.69, 9.17) is 17.3 Å². The van der Waals surface area contributed by atoms with E-state index in [1.807, 2.05) is 38.1 Å². The smallest absolute Gasteiger partial charge is 0.230 e. The molecule has 3 nitrogen and oxygen atoms in total. The lowest BCUT2D eigenvalue weighted by molar-refractivity contribution is -0.118. The highest BCUT2D eigenvalue weighted by molar-refractivity contribution is 8.00. The predicted molar refractivity (Wildman–Crippen MR) is 80.7 cm³/mol. The second-order valence-corrected chi connectivity index (χ2v) is 5.99. The molecule has 0 saturated heterocycles. The summed E-state index contributed by atoms with van der Waals surface area (Å²) in [6, 6.07) is 7.41. The lowest BCUT2D eigenvalue weighted by Crippen LogP contribution is -2.45. The average Bonchev–Trinajstić information content (AvgIpc) is 2.25. The summed E-state index contributed by atoms with van der Waals surface area (Å²) in [6.07, 6.45) is 0. The monoisotopic (exact) mass is 308 g/mol. The highest BCUT2D eigenvalue weighted by Gasteiger charge is 2.12. The van der Waals surface area contributed by atoms with Gasteiger partial charge in [-0.3, -0.25) is 4.79 Å². The van der Waals surface area contributed by atoms with Crippen LogP contribution in [-0.4, -0.2) is 23.7 Å². The molecular formula is C12H18Cl2N2OS. The van der Waals surface area contributed by atoms with Crippen molar-refractivity contribution in [1.29, 1.82) is 0 Å². The summed E-state index contributed by atoms with van der Waals surface area (Å²) in [7, 11) is 0. The topological polar surface area (TPSA) is 55.1 Å². The van der Waals surface area contributed by atoms with E-state index in [0.717, 1.165) is 4.90 Å². The number of halogens is 2. The summed E-state index contributed by atoms with van der Waals surface area (Å²) in [4.78, 5) is 12.5. The molecule has 1 aromatic carbocycles. The zero-order valence-corrected chi connectivity index (χ0v) is 12.8. The van der Waals surface area contributed by atoms with Gasteiger partial charge in [-0.15, -0.1) is 24.2 Å². The molecule has 3 N–H and O–H groups in total. The summed E-state index contributed by atoms with van der Waals surface area (Å²) < 4.78 is 0. The Kier molecular flexibility index (Phi) is 7.71. The van der Waals surface area contributed by atoms with Crippen LogP contribution in [0.2, 0.25) is 5.02 Å². The zero-order valence-electron chi connectivity index (χ0n) is 10.4. The molecule has 0 radical (unpaired) electrons. The first-order valence-electron chi connectivity index (χ1n) is 5.31. The Labute approximate surface area is 123 Å². The third kappa shape index (κ3) is 7.82. The number of hydrogen-bond acceptors (Lipinski definition) is 3. The number of carbonyl (C=O) groups excluding carboxylic acids is 1. The van der Waals surface area contributed by atoms with E-state index in [1.165, 1.54) is 11.8 Å². The molecule has 0 aromatic heterocycles. The van der Waals surface area contributed by atoms with Crippen LogP contribution >= 0.6 is 35.8 Å². The summed E-state index contributed by atoms with van der Waals surface area (Å²) >= 11 is 7.25. The molecule has 0 aliphatic heterocycles. The minimum absolute atomic E-state index is 0. The van der Waals surface area contributed by atoms with Crippen LogP contribution < -0.4 is 11.1 Å². The molecule has 1 amide bonds. The maximum Gasteiger partial charge on any atom is 0.230 e. The van der Waals surface area contributed by atoms with Crippen LogP contribution in [0.3, 0.4) is 0 Å². The second kappa shape index (κ2) is 7.89. The molecule has 0 spiro atoms. The molecule has 0 heterocycles. The van der Waals surface area contributed by atoms with E-state index in [0.29, 0.717) is 17.3 Å². The summed E-state index contributed by atoms with van der Waals surface area (Å²) in [5.74, 6) is 0.376. The number of hydrogen-bond donors (Lipinski definition) is 2. The van der Waals surface area contributed by atoms with Gasteiger partial charge in [-0.1, -0.05) is 11.6 Å². The number of carbonyl (C=O) groups is 1. The molecule has 0 saturated carbocycles. The third-order valence-corrected chi connectivity index (χ3v) is 3.19. The van der Waals surface area contributed by atoms with Crippen molar-refractivity contribution in [2.75, 3.05) is 12.3 Å². The van der Waals surface area contributed by atoms with Gasteiger partial charge in [0.25, 0.3) is 0 Å². The van der Waals surface area contributed by atoms with Crippen LogP contribution in [0.4, 0.5) is 0 Å². The molecule has 0 bridgehead atoms. The van der Waals surface area contributed by atoms with E-state index in [2.05, 4.69) is 5.32 Å². The number of nitrogens with two attached hydrogens (primary N) is 1. The average molecular weight is 309 g/mol. The van der Waals surface area contributed by atoms with Crippen molar-refractivity contribution in [3.63, 3.8) is 0 Å². The van der Waals surface area contributed by atoms with Gasteiger partial charge in [-0.2, -0.15) is 0 Å². The minimum atomic E-state index is -0.374. The van der Waals surface area contributed by atoms with E-state index < -0.39 is 0 Å². The number of rotatable bonds is 5. The number of amides is 1. The fourth-order valence-corrected chi connectivity index (χ4v) is 1.91. The van der Waals surface area contributed by atoms with E-state index in [-0.39, 0.29) is 23.9 Å². The van der Waals surface area contributed by atoms with Gasteiger partial charge in [0.1, 0.15) is 0 Å². The van der Waals surface area contributed by atoms with Crippen molar-refractivity contribution in [2.45, 2.75) is 24.3 Å². The van der Waals surface area contributed by atoms with Crippen LogP contribution in [0, 0.1) is 0 Å². The van der Waals surface area contributed by atoms with E-state index in [1.54, 1.807) is 0 Å². The maximum atomic E-state index is 11.5. The SMILES string of the molecule is CC(C)(N)CNC(=O)CSc1ccc(Cl)cc1.Cl. The van der Waals surface area contributed by atoms with Gasteiger partial charge in [0.2, 0.25) is 5.91 Å². The minimum Gasteiger partial charge on any atom is -0.354 e. The van der Waals surface area contributed by atoms with Crippen LogP contribution in [0.15, 0.2) is 29.2 Å². The fraction of sp³-hybridized carbons (Fsp3) is 0.417. The molecule has 0 aliphatic rings. The first-order chi connectivity index (χ1) is 7.87. The standard InChI is InChI=1S/C12H17ClN2OS.ClH/c1-12(2,14)8-15-11(16)7-17-10-5-3-9(13)4-6-10;/h3-6H,7-8,14H2,1-2H3,(H,15,16);1H. The van der Waals surface area contributed by atoms with Gasteiger partial charge in [0.15, 0.2) is 0 Å². The molecule has 1 aromatic rings. The Morgan fingerprint density at radius 3 is 2.44 bits per heavy atom. The van der Waals surface area contributed by atoms with Crippen molar-refractivity contribution in [3.8, 4) is 0 Å². The van der Waals surface area contributed by atoms with Crippen LogP contribution in [0.25, 0.3) is 0 Å². The van der Waals surface area contributed by atoms with Crippen molar-refractivity contribution >= 4 is 41.7 Å². The third-order valence-electron chi connectivity index (χ3n) is 1.92. The summed E-state index contributed by atoms with van der Waals surface area (Å²) in [5.41, 5.74) is 5.40. The predicted octanol–water partition coefficient (Wildman–Crippen LogP) is 2.71. The molecular weight excluding hydrogens is 291 g/mol. The molecule has 18 heavy (non-hydrogen) atoms. The number of benzene rings is 1. The lowest BCUT2D eigenvalue weighted by Gasteiger charge is -2.18. The van der Waals surface area contributed by atoms with Crippen molar-refractivity contribution in [1.82, 2.24) is 5.32 Å². The Morgan fingerprint density at radius 1 is 1.39 bits per heavy atom. The molecule has 0 atom stereocenters. The maximum absolute atomic E-state index is 11.5. The molecule has 0 unspecified atom stereocenters. The number of thioether (sulfide) groups is 1. The van der Waals surface area contributed by atoms with Gasteiger partial charge in [0, 0.05) is 22.0 Å². The zero-order chi connectivity index (χ0) is 12.9. The normalized spacial score (nSPS) is 10.7. The van der Waals surface area contributed by atoms with Gasteiger partial charge < -0.3 is 11.1 Å². The Morgan fingerprint density at radius 2 is 1.94 bits per heavy atom. The van der Waals surface area contributed by atoms with Gasteiger partial charge in [0.05, 0.1) is 5.75 Å². The first-order valence-corrected chi connectivity index (χ1v) is 6.67. The Hall–Kier alpha value is -0.420. The molecule has 1 rings (SSSR count). The highest BCUT2D eigenvalue weighted by atomic mass is 35.5. The second-order valence-electron chi connectivity index (χ2n) is 4.51. The molecule has 0 aliphatic carbocycles. The molecule has 0 fully saturated rings. The Balaban J connectivity index is 0.00000289. The quantitative estimate of drug-likeness (QED) is 0.822. The van der Waals surface area contributed by atoms with E-state index in [9.17, 15) is 4.79 Å². The Bertz CT molecular complexity index is 377. The van der Waals surface area contributed by atoms with Gasteiger partial charge in [-0.05, 0) is 38.1 Å². The first kappa shape index (κ1) is 17.6. The van der Waals surface area contributed by atoms with Crippen molar-refractivity contribution in [3.05, 3.63) is 29.3 Å². The number of nitrogens with one attached hydrogen (secondary N) is 1. The van der Waals surface area contributed by atoms with Crippen LogP contribution in [-0.2, 0) is 4.79 Å². The molecule has 102 valence electrons. The van der Waals surface area contributed by atoms with Gasteiger partial charge in [-0.25, -0.2) is 0 Å². The van der Waals surface area contributed by atoms with Crippen molar-refractivity contribution < 1.29 is 4.79 Å². The fourth-order valence-electron chi connectivity index (χ4n) is 1.06. The van der Waals surface area contributed by atoms with E-state index >= 15 is 0 Å². The van der Waals surface area contributed by atoms with Gasteiger partial charge >= 0.3 is 0 Å². The van der Waals surface area contributed by atoms with Crippen LogP contribution in [0.5, 0.6) is 0 Å². The van der Waals surface area contributed by atoms with Crippen molar-refractivity contribution in [2.24, 2.45) is 5.73 Å². The van der Waals surface area contributed by atoms with Crippen LogP contribution in [0.1, 0.15) is 13.8 Å². The highest BCUT2D eigenvalue weighted by Crippen LogP contribution is 2.19. The summed E-state index contributed by atoms with van der Waals surface area (Å²) in [6.45, 7) is 4.23. The summed E-state index contributed by atoms with van der Waals surface area (Å²) in [5, 5.41) is 3.49. The largest absolute Gasteiger partial charge is 0.354 e. The molecule has 6 heteroatoms.